The summed E-state index contributed by atoms with van der Waals surface area (Å²) in [4.78, 5) is 17.4. The Balaban J connectivity index is 1.53. The smallest absolute Gasteiger partial charge is 0.291 e. The number of ether oxygens (including phenoxy) is 2. The molecule has 2 aromatic carbocycles. The number of thiazole rings is 1. The zero-order valence-corrected chi connectivity index (χ0v) is 15.7. The van der Waals surface area contributed by atoms with Gasteiger partial charge in [-0.3, -0.25) is 4.79 Å². The second-order valence-corrected chi connectivity index (χ2v) is 7.50. The van der Waals surface area contributed by atoms with Gasteiger partial charge in [-0.25, -0.2) is 4.39 Å². The number of para-hydroxylation sites is 2. The number of fused-ring (bicyclic) bond motifs is 2. The van der Waals surface area contributed by atoms with Crippen molar-refractivity contribution in [3.05, 3.63) is 79.6 Å². The number of nitrogens with zero attached hydrogens (tertiary/aromatic N) is 3. The van der Waals surface area contributed by atoms with Crippen molar-refractivity contribution < 1.29 is 13.9 Å². The zero-order valence-electron chi connectivity index (χ0n) is 14.1. The Morgan fingerprint density at radius 3 is 2.82 bits per heavy atom. The first-order chi connectivity index (χ1) is 13.6. The van der Waals surface area contributed by atoms with Gasteiger partial charge in [0.2, 0.25) is 4.96 Å². The van der Waals surface area contributed by atoms with Crippen molar-refractivity contribution in [3.63, 3.8) is 0 Å². The van der Waals surface area contributed by atoms with Crippen LogP contribution in [-0.4, -0.2) is 21.2 Å². The van der Waals surface area contributed by atoms with Gasteiger partial charge in [-0.2, -0.15) is 9.50 Å². The molecular formula is C19H11ClFN3O3S. The summed E-state index contributed by atoms with van der Waals surface area (Å²) in [7, 11) is 0. The monoisotopic (exact) mass is 415 g/mol. The van der Waals surface area contributed by atoms with Crippen LogP contribution in [0.15, 0.2) is 47.3 Å². The standard InChI is InChI=1S/C19H11ClFN3O3S/c20-11-4-3-5-12(21)10(11)8-16-18(25)24-19(28-16)22-17(23-24)15-9-26-13-6-1-2-7-14(13)27-15/h1-8,15H,9H2/b16-8-. The number of halogens is 2. The van der Waals surface area contributed by atoms with E-state index < -0.39 is 17.5 Å². The van der Waals surface area contributed by atoms with E-state index in [0.29, 0.717) is 26.8 Å². The van der Waals surface area contributed by atoms with Gasteiger partial charge in [-0.05, 0) is 30.3 Å². The molecule has 4 aromatic rings. The Hall–Kier alpha value is -2.97. The van der Waals surface area contributed by atoms with Crippen LogP contribution >= 0.6 is 22.9 Å². The molecule has 0 aliphatic carbocycles. The molecule has 1 aliphatic heterocycles. The second-order valence-electron chi connectivity index (χ2n) is 6.08. The quantitative estimate of drug-likeness (QED) is 0.503. The average molecular weight is 416 g/mol. The fourth-order valence-corrected chi connectivity index (χ4v) is 4.03. The molecule has 1 aliphatic rings. The van der Waals surface area contributed by atoms with Crippen molar-refractivity contribution >= 4 is 34.0 Å². The molecular weight excluding hydrogens is 405 g/mol. The van der Waals surface area contributed by atoms with E-state index >= 15 is 0 Å². The third-order valence-electron chi connectivity index (χ3n) is 4.27. The van der Waals surface area contributed by atoms with Crippen molar-refractivity contribution in [2.75, 3.05) is 6.61 Å². The van der Waals surface area contributed by atoms with Gasteiger partial charge in [-0.15, -0.1) is 5.10 Å². The van der Waals surface area contributed by atoms with Crippen molar-refractivity contribution in [3.8, 4) is 11.5 Å². The van der Waals surface area contributed by atoms with E-state index in [4.69, 9.17) is 21.1 Å². The molecule has 28 heavy (non-hydrogen) atoms. The fourth-order valence-electron chi connectivity index (χ4n) is 2.91. The number of rotatable bonds is 2. The van der Waals surface area contributed by atoms with Crippen LogP contribution in [0, 0.1) is 5.82 Å². The zero-order chi connectivity index (χ0) is 19.3. The van der Waals surface area contributed by atoms with Crippen LogP contribution in [-0.2, 0) is 0 Å². The van der Waals surface area contributed by atoms with Gasteiger partial charge < -0.3 is 9.47 Å². The van der Waals surface area contributed by atoms with E-state index in [1.807, 2.05) is 18.2 Å². The van der Waals surface area contributed by atoms with E-state index in [-0.39, 0.29) is 17.2 Å². The van der Waals surface area contributed by atoms with Crippen molar-refractivity contribution in [2.24, 2.45) is 0 Å². The van der Waals surface area contributed by atoms with Gasteiger partial charge >= 0.3 is 0 Å². The van der Waals surface area contributed by atoms with Crippen LogP contribution in [0.4, 0.5) is 4.39 Å². The summed E-state index contributed by atoms with van der Waals surface area (Å²) in [5, 5.41) is 4.50. The van der Waals surface area contributed by atoms with Crippen molar-refractivity contribution in [1.82, 2.24) is 14.6 Å². The van der Waals surface area contributed by atoms with E-state index in [0.717, 1.165) is 11.3 Å². The van der Waals surface area contributed by atoms with E-state index in [2.05, 4.69) is 10.1 Å². The van der Waals surface area contributed by atoms with Crippen LogP contribution in [0.3, 0.4) is 0 Å². The predicted octanol–water partition coefficient (Wildman–Crippen LogP) is 3.00. The molecule has 140 valence electrons. The summed E-state index contributed by atoms with van der Waals surface area (Å²) in [6.07, 6.45) is 0.895. The highest BCUT2D eigenvalue weighted by Crippen LogP contribution is 2.35. The Labute approximate surface area is 166 Å². The van der Waals surface area contributed by atoms with Crippen LogP contribution in [0.25, 0.3) is 11.0 Å². The highest BCUT2D eigenvalue weighted by Gasteiger charge is 2.27. The lowest BCUT2D eigenvalue weighted by Crippen LogP contribution is -2.26. The van der Waals surface area contributed by atoms with Gasteiger partial charge in [0.15, 0.2) is 23.4 Å². The highest BCUT2D eigenvalue weighted by molar-refractivity contribution is 7.15. The third kappa shape index (κ3) is 2.81. The molecule has 0 fully saturated rings. The summed E-state index contributed by atoms with van der Waals surface area (Å²) >= 11 is 7.14. The molecule has 0 bridgehead atoms. The maximum Gasteiger partial charge on any atom is 0.291 e. The topological polar surface area (TPSA) is 65.7 Å². The Morgan fingerprint density at radius 2 is 2.04 bits per heavy atom. The second kappa shape index (κ2) is 6.57. The maximum absolute atomic E-state index is 14.0. The van der Waals surface area contributed by atoms with Gasteiger partial charge in [0.25, 0.3) is 5.56 Å². The number of hydrogen-bond donors (Lipinski definition) is 0. The van der Waals surface area contributed by atoms with E-state index in [1.165, 1.54) is 22.7 Å². The minimum atomic E-state index is -0.519. The van der Waals surface area contributed by atoms with Crippen LogP contribution in [0.5, 0.6) is 11.5 Å². The lowest BCUT2D eigenvalue weighted by Gasteiger charge is -2.24. The van der Waals surface area contributed by atoms with Gasteiger partial charge in [0, 0.05) is 5.56 Å². The maximum atomic E-state index is 14.0. The third-order valence-corrected chi connectivity index (χ3v) is 5.56. The minimum absolute atomic E-state index is 0.159. The van der Waals surface area contributed by atoms with Crippen molar-refractivity contribution in [2.45, 2.75) is 6.10 Å². The Bertz CT molecular complexity index is 1300. The molecule has 0 amide bonds. The fraction of sp³-hybridized carbons (Fsp3) is 0.105. The largest absolute Gasteiger partial charge is 0.485 e. The van der Waals surface area contributed by atoms with Crippen LogP contribution in [0.1, 0.15) is 17.5 Å². The van der Waals surface area contributed by atoms with Gasteiger partial charge in [0.1, 0.15) is 12.4 Å². The number of hydrogen-bond acceptors (Lipinski definition) is 6. The summed E-state index contributed by atoms with van der Waals surface area (Å²) in [6, 6.07) is 11.7. The molecule has 0 saturated heterocycles. The average Bonchev–Trinajstić information content (AvgIpc) is 3.24. The Kier molecular flexibility index (Phi) is 4.03. The van der Waals surface area contributed by atoms with E-state index in [9.17, 15) is 9.18 Å². The molecule has 0 saturated carbocycles. The highest BCUT2D eigenvalue weighted by atomic mass is 35.5. The van der Waals surface area contributed by atoms with Gasteiger partial charge in [-0.1, -0.05) is 41.1 Å². The molecule has 2 aromatic heterocycles. The molecule has 9 heteroatoms. The molecule has 0 radical (unpaired) electrons. The van der Waals surface area contributed by atoms with Crippen LogP contribution < -0.4 is 19.6 Å². The predicted molar refractivity (Wildman–Crippen MR) is 103 cm³/mol. The molecule has 6 nitrogen and oxygen atoms in total. The Morgan fingerprint density at radius 1 is 1.21 bits per heavy atom. The first kappa shape index (κ1) is 17.2. The van der Waals surface area contributed by atoms with E-state index in [1.54, 1.807) is 12.1 Å². The number of benzene rings is 2. The molecule has 3 heterocycles. The number of aromatic nitrogens is 3. The first-order valence-corrected chi connectivity index (χ1v) is 9.53. The molecule has 0 N–H and O–H groups in total. The molecule has 0 spiro atoms. The summed E-state index contributed by atoms with van der Waals surface area (Å²) in [5.41, 5.74) is -0.234. The van der Waals surface area contributed by atoms with Crippen LogP contribution in [0.2, 0.25) is 5.02 Å². The first-order valence-electron chi connectivity index (χ1n) is 8.34. The normalized spacial score (nSPS) is 16.6. The lowest BCUT2D eigenvalue weighted by molar-refractivity contribution is 0.0852. The summed E-state index contributed by atoms with van der Waals surface area (Å²) in [5.74, 6) is 1.11. The lowest BCUT2D eigenvalue weighted by atomic mass is 10.2. The molecule has 1 unspecified atom stereocenters. The molecule has 5 rings (SSSR count). The van der Waals surface area contributed by atoms with Crippen molar-refractivity contribution in [1.29, 1.82) is 0 Å². The SMILES string of the molecule is O=c1/c(=C/c2c(F)cccc2Cl)sc2nc(C3COc4ccccc4O3)nn12. The molecule has 1 atom stereocenters. The van der Waals surface area contributed by atoms with Gasteiger partial charge in [0.05, 0.1) is 9.55 Å². The summed E-state index contributed by atoms with van der Waals surface area (Å²) in [6.45, 7) is 0.243. The summed E-state index contributed by atoms with van der Waals surface area (Å²) < 4.78 is 27.0. The minimum Gasteiger partial charge on any atom is -0.485 e.